The van der Waals surface area contributed by atoms with Crippen LogP contribution in [0.2, 0.25) is 0 Å². The monoisotopic (exact) mass is 454 g/mol. The van der Waals surface area contributed by atoms with E-state index in [1.807, 2.05) is 6.07 Å². The van der Waals surface area contributed by atoms with Crippen molar-refractivity contribution in [1.82, 2.24) is 9.80 Å². The number of rotatable bonds is 13. The zero-order valence-corrected chi connectivity index (χ0v) is 21.5. The Kier molecular flexibility index (Phi) is 9.82. The summed E-state index contributed by atoms with van der Waals surface area (Å²) >= 11 is 0. The van der Waals surface area contributed by atoms with Crippen molar-refractivity contribution >= 4 is 11.8 Å². The van der Waals surface area contributed by atoms with E-state index in [4.69, 9.17) is 0 Å². The second-order valence-corrected chi connectivity index (χ2v) is 11.1. The summed E-state index contributed by atoms with van der Waals surface area (Å²) in [6, 6.07) is 10.5. The number of likely N-dealkylation sites (tertiary alicyclic amines) is 2. The smallest absolute Gasteiger partial charge is 0.223 e. The molecule has 0 aliphatic carbocycles. The average molecular weight is 455 g/mol. The van der Waals surface area contributed by atoms with Gasteiger partial charge in [0.1, 0.15) is 0 Å². The van der Waals surface area contributed by atoms with Gasteiger partial charge in [0.15, 0.2) is 0 Å². The zero-order chi connectivity index (χ0) is 23.8. The molecule has 4 heteroatoms. The van der Waals surface area contributed by atoms with E-state index in [1.54, 1.807) is 0 Å². The maximum atomic E-state index is 12.6. The van der Waals surface area contributed by atoms with Crippen LogP contribution in [0.1, 0.15) is 97.1 Å². The first-order valence-corrected chi connectivity index (χ1v) is 13.5. The normalized spacial score (nSPS) is 23.9. The molecule has 2 amide bonds. The van der Waals surface area contributed by atoms with E-state index < -0.39 is 0 Å². The predicted octanol–water partition coefficient (Wildman–Crippen LogP) is 6.47. The molecule has 0 aromatic heterocycles. The van der Waals surface area contributed by atoms with Gasteiger partial charge in [0.05, 0.1) is 6.04 Å². The van der Waals surface area contributed by atoms with Gasteiger partial charge in [-0.05, 0) is 55.4 Å². The first kappa shape index (κ1) is 25.8. The number of unbranched alkanes of at least 4 members (excludes halogenated alkanes) is 1. The summed E-state index contributed by atoms with van der Waals surface area (Å²) in [6.45, 7) is 11.8. The second-order valence-electron chi connectivity index (χ2n) is 11.1. The number of hydrogen-bond donors (Lipinski definition) is 0. The molecule has 0 spiro atoms. The molecule has 3 rings (SSSR count). The Balaban J connectivity index is 1.33. The molecule has 1 aromatic rings. The number of carbonyl (C=O) groups is 2. The lowest BCUT2D eigenvalue weighted by molar-refractivity contribution is -0.129. The van der Waals surface area contributed by atoms with Crippen molar-refractivity contribution in [2.24, 2.45) is 23.7 Å². The molecule has 2 heterocycles. The van der Waals surface area contributed by atoms with Gasteiger partial charge < -0.3 is 9.80 Å². The van der Waals surface area contributed by atoms with Gasteiger partial charge in [0.2, 0.25) is 11.8 Å². The highest BCUT2D eigenvalue weighted by molar-refractivity contribution is 5.79. The van der Waals surface area contributed by atoms with E-state index in [0.717, 1.165) is 44.8 Å². The summed E-state index contributed by atoms with van der Waals surface area (Å²) in [5.41, 5.74) is 1.22. The molecule has 2 unspecified atom stereocenters. The van der Waals surface area contributed by atoms with E-state index in [9.17, 15) is 9.59 Å². The van der Waals surface area contributed by atoms with Crippen molar-refractivity contribution < 1.29 is 9.59 Å². The molecule has 2 aliphatic heterocycles. The third kappa shape index (κ3) is 7.58. The molecule has 2 aliphatic rings. The lowest BCUT2D eigenvalue weighted by Crippen LogP contribution is -2.28. The van der Waals surface area contributed by atoms with Crippen LogP contribution in [0.3, 0.4) is 0 Å². The first-order chi connectivity index (χ1) is 15.9. The summed E-state index contributed by atoms with van der Waals surface area (Å²) in [5, 5.41) is 0. The molecular formula is C29H46N2O2. The fourth-order valence-corrected chi connectivity index (χ4v) is 6.14. The van der Waals surface area contributed by atoms with Crippen LogP contribution in [-0.4, -0.2) is 41.2 Å². The highest BCUT2D eigenvalue weighted by atomic mass is 16.2. The zero-order valence-electron chi connectivity index (χ0n) is 21.5. The number of hydrogen-bond acceptors (Lipinski definition) is 2. The SMILES string of the molecule is CCCC(C)C[C@H]1CC(=O)N(CCCCC(C)C[C@H]2CC(=O)N([C@@H](C)c3ccccc3)C2)C1. The maximum Gasteiger partial charge on any atom is 0.223 e. The number of carbonyl (C=O) groups excluding carboxylic acids is 2. The molecule has 0 radical (unpaired) electrons. The molecule has 0 N–H and O–H groups in total. The molecule has 4 nitrogen and oxygen atoms in total. The lowest BCUT2D eigenvalue weighted by atomic mass is 9.91. The molecule has 2 saturated heterocycles. The Morgan fingerprint density at radius 1 is 0.848 bits per heavy atom. The first-order valence-electron chi connectivity index (χ1n) is 13.5. The van der Waals surface area contributed by atoms with Gasteiger partial charge in [-0.1, -0.05) is 76.8 Å². The van der Waals surface area contributed by atoms with E-state index in [-0.39, 0.29) is 6.04 Å². The Morgan fingerprint density at radius 2 is 1.48 bits per heavy atom. The van der Waals surface area contributed by atoms with E-state index >= 15 is 0 Å². The Morgan fingerprint density at radius 3 is 2.18 bits per heavy atom. The maximum absolute atomic E-state index is 12.6. The minimum atomic E-state index is 0.158. The Labute approximate surface area is 202 Å². The number of nitrogens with zero attached hydrogens (tertiary/aromatic N) is 2. The van der Waals surface area contributed by atoms with Gasteiger partial charge in [-0.3, -0.25) is 9.59 Å². The summed E-state index contributed by atoms with van der Waals surface area (Å²) in [4.78, 5) is 29.2. The fraction of sp³-hybridized carbons (Fsp3) is 0.724. The van der Waals surface area contributed by atoms with Crippen molar-refractivity contribution in [1.29, 1.82) is 0 Å². The summed E-state index contributed by atoms with van der Waals surface area (Å²) in [5.74, 6) is 3.09. The van der Waals surface area contributed by atoms with Crippen LogP contribution in [0.15, 0.2) is 30.3 Å². The van der Waals surface area contributed by atoms with Crippen LogP contribution in [-0.2, 0) is 9.59 Å². The summed E-state index contributed by atoms with van der Waals surface area (Å²) in [6.07, 6.45) is 9.77. The fourth-order valence-electron chi connectivity index (χ4n) is 6.14. The summed E-state index contributed by atoms with van der Waals surface area (Å²) in [7, 11) is 0. The van der Waals surface area contributed by atoms with Crippen LogP contribution in [0.25, 0.3) is 0 Å². The standard InChI is InChI=1S/C29H46N2O2/c1-5-11-22(2)16-25-18-28(32)30(20-25)15-10-9-12-23(3)17-26-19-29(33)31(21-26)24(4)27-13-7-6-8-14-27/h6-8,13-14,22-26H,5,9-12,15-21H2,1-4H3/t22?,23?,24-,25-,26-/m0/s1. The molecule has 0 saturated carbocycles. The average Bonchev–Trinajstić information content (AvgIpc) is 3.32. The molecule has 33 heavy (non-hydrogen) atoms. The van der Waals surface area contributed by atoms with E-state index in [1.165, 1.54) is 37.7 Å². The Hall–Kier alpha value is -1.84. The van der Waals surface area contributed by atoms with Crippen molar-refractivity contribution in [3.8, 4) is 0 Å². The predicted molar refractivity (Wildman–Crippen MR) is 136 cm³/mol. The highest BCUT2D eigenvalue weighted by Crippen LogP contribution is 2.32. The quantitative estimate of drug-likeness (QED) is 0.321. The van der Waals surface area contributed by atoms with Crippen LogP contribution in [0.5, 0.6) is 0 Å². The topological polar surface area (TPSA) is 40.6 Å². The molecule has 184 valence electrons. The van der Waals surface area contributed by atoms with E-state index in [0.29, 0.717) is 36.0 Å². The Bertz CT molecular complexity index is 749. The minimum absolute atomic E-state index is 0.158. The largest absolute Gasteiger partial charge is 0.342 e. The second kappa shape index (κ2) is 12.6. The molecule has 0 bridgehead atoms. The van der Waals surface area contributed by atoms with Crippen LogP contribution in [0, 0.1) is 23.7 Å². The lowest BCUT2D eigenvalue weighted by Gasteiger charge is -2.25. The van der Waals surface area contributed by atoms with Crippen molar-refractivity contribution in [3.05, 3.63) is 35.9 Å². The number of benzene rings is 1. The van der Waals surface area contributed by atoms with E-state index in [2.05, 4.69) is 61.8 Å². The molecule has 2 fully saturated rings. The van der Waals surface area contributed by atoms with Gasteiger partial charge in [-0.2, -0.15) is 0 Å². The van der Waals surface area contributed by atoms with Gasteiger partial charge in [-0.25, -0.2) is 0 Å². The van der Waals surface area contributed by atoms with Crippen LogP contribution >= 0.6 is 0 Å². The van der Waals surface area contributed by atoms with Gasteiger partial charge >= 0.3 is 0 Å². The van der Waals surface area contributed by atoms with Crippen molar-refractivity contribution in [2.45, 2.75) is 91.5 Å². The highest BCUT2D eigenvalue weighted by Gasteiger charge is 2.34. The molecular weight excluding hydrogens is 408 g/mol. The van der Waals surface area contributed by atoms with Crippen LogP contribution in [0.4, 0.5) is 0 Å². The molecule has 5 atom stereocenters. The van der Waals surface area contributed by atoms with Crippen LogP contribution < -0.4 is 0 Å². The number of amides is 2. The van der Waals surface area contributed by atoms with Gasteiger partial charge in [-0.15, -0.1) is 0 Å². The van der Waals surface area contributed by atoms with Crippen molar-refractivity contribution in [3.63, 3.8) is 0 Å². The van der Waals surface area contributed by atoms with Gasteiger partial charge in [0.25, 0.3) is 0 Å². The summed E-state index contributed by atoms with van der Waals surface area (Å²) < 4.78 is 0. The third-order valence-corrected chi connectivity index (χ3v) is 7.91. The minimum Gasteiger partial charge on any atom is -0.342 e. The van der Waals surface area contributed by atoms with Crippen molar-refractivity contribution in [2.75, 3.05) is 19.6 Å². The molecule has 1 aromatic carbocycles. The third-order valence-electron chi connectivity index (χ3n) is 7.91. The van der Waals surface area contributed by atoms with Gasteiger partial charge in [0, 0.05) is 32.5 Å².